The fourth-order valence-corrected chi connectivity index (χ4v) is 4.45. The predicted octanol–water partition coefficient (Wildman–Crippen LogP) is 7.38. The highest BCUT2D eigenvalue weighted by atomic mass is 32.3. The molecule has 0 saturated carbocycles. The molecule has 0 saturated heterocycles. The highest BCUT2D eigenvalue weighted by molar-refractivity contribution is 8.30. The second-order valence-corrected chi connectivity index (χ2v) is 13.5. The molecule has 3 aromatic rings. The number of nitrogens with one attached hydrogen (secondary N) is 2. The molecule has 186 valence electrons. The van der Waals surface area contributed by atoms with E-state index in [1.165, 1.54) is 0 Å². The monoisotopic (exact) mass is 484 g/mol. The summed E-state index contributed by atoms with van der Waals surface area (Å²) in [5.74, 6) is 0.823. The second-order valence-electron chi connectivity index (χ2n) is 9.65. The van der Waals surface area contributed by atoms with Crippen LogP contribution >= 0.6 is 10.3 Å². The number of nitrogens with zero attached hydrogens (tertiary/aromatic N) is 2. The van der Waals surface area contributed by atoms with Crippen LogP contribution in [0.1, 0.15) is 49.5 Å². The third-order valence-electron chi connectivity index (χ3n) is 6.20. The fourth-order valence-electron chi connectivity index (χ4n) is 3.61. The zero-order valence-electron chi connectivity index (χ0n) is 21.3. The summed E-state index contributed by atoms with van der Waals surface area (Å²) in [6.45, 7) is 12.0. The molecule has 2 aromatic carbocycles. The van der Waals surface area contributed by atoms with E-state index in [-0.39, 0.29) is 13.6 Å². The average Bonchev–Trinajstić information content (AvgIpc) is 3.09. The lowest BCUT2D eigenvalue weighted by atomic mass is 10.1. The molecule has 1 aromatic heterocycles. The maximum absolute atomic E-state index is 12.0. The summed E-state index contributed by atoms with van der Waals surface area (Å²) >= 11 is 0. The molecule has 0 fully saturated rings. The number of rotatable bonds is 7. The van der Waals surface area contributed by atoms with Crippen LogP contribution in [-0.4, -0.2) is 34.4 Å². The maximum Gasteiger partial charge on any atom is 0.319 e. The molecule has 0 aliphatic heterocycles. The van der Waals surface area contributed by atoms with E-state index in [1.807, 2.05) is 43.3 Å². The first-order valence-electron chi connectivity index (χ1n) is 11.7. The number of anilines is 1. The highest BCUT2D eigenvalue weighted by Crippen LogP contribution is 2.53. The standard InChI is InChI=1S/C27H36N4O2S.2H2/c1-8-16-29-26(32)30-20-12-10-19(11-13-20)25-23(18-28)22-15-14-21(17-24(22)31(25)9-2)33-34(6,7)27(3,4)5;;/h10-15,17H,8-9,16H2,1-7H3,(H2,29,30,32);2*1H. The predicted molar refractivity (Wildman–Crippen MR) is 149 cm³/mol. The lowest BCUT2D eigenvalue weighted by Crippen LogP contribution is -2.29. The maximum atomic E-state index is 12.0. The lowest BCUT2D eigenvalue weighted by molar-refractivity contribution is 0.252. The molecule has 3 rings (SSSR count). The number of nitriles is 1. The number of carbonyl (C=O) groups excluding carboxylic acids is 1. The topological polar surface area (TPSA) is 79.1 Å². The van der Waals surface area contributed by atoms with Crippen molar-refractivity contribution in [3.8, 4) is 23.1 Å². The van der Waals surface area contributed by atoms with Gasteiger partial charge in [0.25, 0.3) is 0 Å². The van der Waals surface area contributed by atoms with E-state index in [2.05, 4.69) is 67.5 Å². The third-order valence-corrected chi connectivity index (χ3v) is 9.75. The van der Waals surface area contributed by atoms with E-state index in [4.69, 9.17) is 4.18 Å². The summed E-state index contributed by atoms with van der Waals surface area (Å²) in [4.78, 5) is 12.0. The summed E-state index contributed by atoms with van der Waals surface area (Å²) in [7, 11) is -1.33. The summed E-state index contributed by atoms with van der Waals surface area (Å²) < 4.78 is 8.69. The van der Waals surface area contributed by atoms with Crippen molar-refractivity contribution < 1.29 is 11.8 Å². The van der Waals surface area contributed by atoms with Crippen LogP contribution < -0.4 is 14.8 Å². The van der Waals surface area contributed by atoms with Crippen molar-refractivity contribution in [2.24, 2.45) is 0 Å². The molecule has 0 bridgehead atoms. The molecule has 34 heavy (non-hydrogen) atoms. The Morgan fingerprint density at radius 3 is 2.38 bits per heavy atom. The summed E-state index contributed by atoms with van der Waals surface area (Å²) in [6.07, 6.45) is 5.24. The van der Waals surface area contributed by atoms with Crippen LogP contribution in [0.3, 0.4) is 0 Å². The molecule has 0 atom stereocenters. The molecule has 0 aliphatic rings. The Labute approximate surface area is 207 Å². The van der Waals surface area contributed by atoms with Gasteiger partial charge in [-0.25, -0.2) is 4.79 Å². The zero-order chi connectivity index (χ0) is 25.1. The van der Waals surface area contributed by atoms with Gasteiger partial charge in [0.05, 0.1) is 16.8 Å². The molecule has 0 spiro atoms. The van der Waals surface area contributed by atoms with Gasteiger partial charge in [0, 0.05) is 37.8 Å². The largest absolute Gasteiger partial charge is 0.449 e. The van der Waals surface area contributed by atoms with Crippen molar-refractivity contribution in [2.45, 2.75) is 52.3 Å². The number of urea groups is 1. The quantitative estimate of drug-likeness (QED) is 0.367. The molecule has 1 heterocycles. The van der Waals surface area contributed by atoms with E-state index in [9.17, 15) is 10.1 Å². The van der Waals surface area contributed by atoms with Crippen LogP contribution in [-0.2, 0) is 6.54 Å². The fraction of sp³-hybridized carbons (Fsp3) is 0.407. The highest BCUT2D eigenvalue weighted by Gasteiger charge is 2.30. The van der Waals surface area contributed by atoms with Gasteiger partial charge < -0.3 is 19.4 Å². The molecular formula is C27H40N4O2S. The Balaban J connectivity index is 0.00000324. The molecule has 2 N–H and O–H groups in total. The Hall–Kier alpha value is -3.11. The number of carbonyl (C=O) groups is 1. The minimum atomic E-state index is -1.33. The van der Waals surface area contributed by atoms with Crippen molar-refractivity contribution in [3.63, 3.8) is 0 Å². The van der Waals surface area contributed by atoms with Crippen molar-refractivity contribution >= 4 is 32.9 Å². The summed E-state index contributed by atoms with van der Waals surface area (Å²) in [6, 6.07) is 15.8. The van der Waals surface area contributed by atoms with Gasteiger partial charge in [0.2, 0.25) is 0 Å². The van der Waals surface area contributed by atoms with E-state index in [1.54, 1.807) is 0 Å². The molecule has 0 aliphatic carbocycles. The van der Waals surface area contributed by atoms with Crippen LogP contribution in [0.2, 0.25) is 0 Å². The number of hydrogen-bond acceptors (Lipinski definition) is 3. The van der Waals surface area contributed by atoms with Crippen molar-refractivity contribution in [1.82, 2.24) is 9.88 Å². The van der Waals surface area contributed by atoms with Crippen LogP contribution in [0.4, 0.5) is 10.5 Å². The molecule has 2 amide bonds. The van der Waals surface area contributed by atoms with Gasteiger partial charge in [-0.05, 0) is 76.5 Å². The van der Waals surface area contributed by atoms with Gasteiger partial charge >= 0.3 is 6.03 Å². The van der Waals surface area contributed by atoms with E-state index in [0.29, 0.717) is 24.3 Å². The first-order chi connectivity index (χ1) is 16.0. The number of amides is 2. The van der Waals surface area contributed by atoms with Crippen LogP contribution in [0.15, 0.2) is 42.5 Å². The Kier molecular flexibility index (Phi) is 7.52. The van der Waals surface area contributed by atoms with Crippen LogP contribution in [0.25, 0.3) is 22.2 Å². The van der Waals surface area contributed by atoms with E-state index < -0.39 is 10.3 Å². The van der Waals surface area contributed by atoms with Crippen LogP contribution in [0.5, 0.6) is 5.75 Å². The summed E-state index contributed by atoms with van der Waals surface area (Å²) in [5.41, 5.74) is 4.14. The lowest BCUT2D eigenvalue weighted by Gasteiger charge is -2.43. The Bertz CT molecular complexity index is 1230. The smallest absolute Gasteiger partial charge is 0.319 e. The SMILES string of the molecule is CCCNC(=O)Nc1ccc(-c2c(C#N)c3ccc(OS(C)(C)C(C)(C)C)cc3n2CC)cc1.[HH].[HH]. The molecule has 6 nitrogen and oxygen atoms in total. The first kappa shape index (κ1) is 25.5. The third kappa shape index (κ3) is 5.18. The minimum absolute atomic E-state index is 0. The van der Waals surface area contributed by atoms with Crippen molar-refractivity contribution in [2.75, 3.05) is 24.4 Å². The number of benzene rings is 2. The molecule has 7 heteroatoms. The normalized spacial score (nSPS) is 12.3. The van der Waals surface area contributed by atoms with Gasteiger partial charge in [-0.3, -0.25) is 0 Å². The Morgan fingerprint density at radius 1 is 1.15 bits per heavy atom. The molecule has 0 radical (unpaired) electrons. The zero-order valence-corrected chi connectivity index (χ0v) is 22.1. The number of aryl methyl sites for hydroxylation is 1. The van der Waals surface area contributed by atoms with Gasteiger partial charge in [-0.2, -0.15) is 5.26 Å². The summed E-state index contributed by atoms with van der Waals surface area (Å²) in [5, 5.41) is 16.6. The van der Waals surface area contributed by atoms with Gasteiger partial charge in [-0.1, -0.05) is 29.4 Å². The Morgan fingerprint density at radius 2 is 1.82 bits per heavy atom. The van der Waals surface area contributed by atoms with E-state index in [0.717, 1.165) is 34.3 Å². The second kappa shape index (κ2) is 10.0. The number of hydrogen-bond donors (Lipinski definition) is 2. The average molecular weight is 485 g/mol. The van der Waals surface area contributed by atoms with Gasteiger partial charge in [0.1, 0.15) is 11.8 Å². The molecule has 0 unspecified atom stereocenters. The van der Waals surface area contributed by atoms with Crippen molar-refractivity contribution in [1.29, 1.82) is 5.26 Å². The van der Waals surface area contributed by atoms with Gasteiger partial charge in [0.15, 0.2) is 0 Å². The first-order valence-corrected chi connectivity index (χ1v) is 14.0. The van der Waals surface area contributed by atoms with Gasteiger partial charge in [-0.15, -0.1) is 0 Å². The number of aromatic nitrogens is 1. The van der Waals surface area contributed by atoms with Crippen LogP contribution in [0, 0.1) is 11.3 Å². The molecular weight excluding hydrogens is 444 g/mol. The number of fused-ring (bicyclic) bond motifs is 1. The van der Waals surface area contributed by atoms with E-state index >= 15 is 0 Å². The van der Waals surface area contributed by atoms with Crippen molar-refractivity contribution in [3.05, 3.63) is 48.0 Å². The minimum Gasteiger partial charge on any atom is -0.449 e.